The molecule has 11 heteroatoms. The van der Waals surface area contributed by atoms with Crippen LogP contribution in [-0.4, -0.2) is 8.42 Å². The van der Waals surface area contributed by atoms with Crippen LogP contribution in [-0.2, 0) is 16.2 Å². The second-order valence-electron chi connectivity index (χ2n) is 4.54. The first kappa shape index (κ1) is 17.9. The van der Waals surface area contributed by atoms with E-state index in [4.69, 9.17) is 5.73 Å². The van der Waals surface area contributed by atoms with Crippen LogP contribution in [0.2, 0.25) is 0 Å². The van der Waals surface area contributed by atoms with Gasteiger partial charge in [-0.25, -0.2) is 21.6 Å². The molecule has 0 fully saturated rings. The SMILES string of the molecule is Nc1c(F)ccc(NS(=O)(=O)c2cccc(F)c2C(F)(F)F)c1F. The van der Waals surface area contributed by atoms with Gasteiger partial charge in [0.25, 0.3) is 10.0 Å². The van der Waals surface area contributed by atoms with Crippen molar-refractivity contribution >= 4 is 21.4 Å². The van der Waals surface area contributed by atoms with Crippen molar-refractivity contribution in [2.45, 2.75) is 11.1 Å². The summed E-state index contributed by atoms with van der Waals surface area (Å²) in [7, 11) is -5.03. The maximum Gasteiger partial charge on any atom is 0.420 e. The molecule has 0 aliphatic rings. The van der Waals surface area contributed by atoms with E-state index in [1.165, 1.54) is 4.72 Å². The van der Waals surface area contributed by atoms with E-state index in [1.54, 1.807) is 0 Å². The quantitative estimate of drug-likeness (QED) is 0.642. The molecule has 24 heavy (non-hydrogen) atoms. The fraction of sp³-hybridized carbons (Fsp3) is 0.0769. The second kappa shape index (κ2) is 5.89. The van der Waals surface area contributed by atoms with Crippen molar-refractivity contribution in [2.24, 2.45) is 0 Å². The predicted molar refractivity (Wildman–Crippen MR) is 73.0 cm³/mol. The summed E-state index contributed by atoms with van der Waals surface area (Å²) in [5, 5.41) is 0. The molecule has 0 bridgehead atoms. The van der Waals surface area contributed by atoms with E-state index < -0.39 is 55.5 Å². The molecule has 0 amide bonds. The van der Waals surface area contributed by atoms with Gasteiger partial charge >= 0.3 is 6.18 Å². The van der Waals surface area contributed by atoms with E-state index >= 15 is 0 Å². The van der Waals surface area contributed by atoms with Gasteiger partial charge in [0, 0.05) is 0 Å². The normalized spacial score (nSPS) is 12.2. The van der Waals surface area contributed by atoms with Crippen LogP contribution in [0, 0.1) is 17.5 Å². The van der Waals surface area contributed by atoms with Gasteiger partial charge in [0.15, 0.2) is 5.82 Å². The lowest BCUT2D eigenvalue weighted by Gasteiger charge is -2.15. The van der Waals surface area contributed by atoms with Crippen molar-refractivity contribution in [3.05, 3.63) is 53.3 Å². The Hall–Kier alpha value is -2.43. The number of anilines is 2. The van der Waals surface area contributed by atoms with Crippen LogP contribution in [0.1, 0.15) is 5.56 Å². The summed E-state index contributed by atoms with van der Waals surface area (Å²) in [6, 6.07) is 2.92. The largest absolute Gasteiger partial charge is 0.420 e. The molecule has 0 aromatic heterocycles. The molecular weight excluding hydrogens is 362 g/mol. The third-order valence-electron chi connectivity index (χ3n) is 2.92. The third-order valence-corrected chi connectivity index (χ3v) is 4.33. The van der Waals surface area contributed by atoms with Crippen molar-refractivity contribution in [3.63, 3.8) is 0 Å². The first-order valence-electron chi connectivity index (χ1n) is 6.07. The van der Waals surface area contributed by atoms with Crippen LogP contribution in [0.5, 0.6) is 0 Å². The minimum Gasteiger partial charge on any atom is -0.394 e. The van der Waals surface area contributed by atoms with Crippen molar-refractivity contribution in [1.29, 1.82) is 0 Å². The zero-order valence-corrected chi connectivity index (χ0v) is 12.3. The first-order chi connectivity index (χ1) is 10.9. The number of nitrogen functional groups attached to an aromatic ring is 1. The summed E-state index contributed by atoms with van der Waals surface area (Å²) in [6.07, 6.45) is -5.31. The molecule has 4 nitrogen and oxygen atoms in total. The maximum absolute atomic E-state index is 13.7. The number of benzene rings is 2. The summed E-state index contributed by atoms with van der Waals surface area (Å²) in [5.74, 6) is -4.51. The molecule has 0 saturated heterocycles. The van der Waals surface area contributed by atoms with Gasteiger partial charge in [-0.05, 0) is 24.3 Å². The number of nitrogens with two attached hydrogens (primary N) is 1. The number of halogens is 6. The molecule has 2 aromatic rings. The maximum atomic E-state index is 13.7. The van der Waals surface area contributed by atoms with Gasteiger partial charge in [-0.1, -0.05) is 6.07 Å². The predicted octanol–water partition coefficient (Wildman–Crippen LogP) is 3.51. The Morgan fingerprint density at radius 1 is 0.958 bits per heavy atom. The molecule has 0 atom stereocenters. The Labute approximate surface area is 131 Å². The highest BCUT2D eigenvalue weighted by molar-refractivity contribution is 7.92. The number of hydrogen-bond acceptors (Lipinski definition) is 3. The number of hydrogen-bond donors (Lipinski definition) is 2. The lowest BCUT2D eigenvalue weighted by atomic mass is 10.2. The lowest BCUT2D eigenvalue weighted by molar-refractivity contribution is -0.142. The molecule has 2 rings (SSSR count). The topological polar surface area (TPSA) is 72.2 Å². The van der Waals surface area contributed by atoms with Gasteiger partial charge in [0.05, 0.1) is 5.69 Å². The van der Waals surface area contributed by atoms with Gasteiger partial charge in [0.2, 0.25) is 0 Å². The number of rotatable bonds is 3. The van der Waals surface area contributed by atoms with Crippen molar-refractivity contribution in [3.8, 4) is 0 Å². The Morgan fingerprint density at radius 3 is 2.17 bits per heavy atom. The smallest absolute Gasteiger partial charge is 0.394 e. The minimum atomic E-state index is -5.31. The number of sulfonamides is 1. The van der Waals surface area contributed by atoms with E-state index in [9.17, 15) is 34.8 Å². The van der Waals surface area contributed by atoms with Crippen LogP contribution < -0.4 is 10.5 Å². The average molecular weight is 370 g/mol. The van der Waals surface area contributed by atoms with Crippen molar-refractivity contribution in [2.75, 3.05) is 10.5 Å². The summed E-state index contributed by atoms with van der Waals surface area (Å²) in [5.41, 5.74) is 1.10. The van der Waals surface area contributed by atoms with E-state index in [-0.39, 0.29) is 0 Å². The lowest BCUT2D eigenvalue weighted by Crippen LogP contribution is -2.21. The Morgan fingerprint density at radius 2 is 1.58 bits per heavy atom. The molecule has 130 valence electrons. The zero-order chi connectivity index (χ0) is 18.3. The fourth-order valence-electron chi connectivity index (χ4n) is 1.85. The van der Waals surface area contributed by atoms with E-state index in [0.29, 0.717) is 24.3 Å². The van der Waals surface area contributed by atoms with Gasteiger partial charge in [-0.15, -0.1) is 0 Å². The molecular formula is C13H8F6N2O2S. The molecule has 2 aromatic carbocycles. The zero-order valence-electron chi connectivity index (χ0n) is 11.5. The van der Waals surface area contributed by atoms with Gasteiger partial charge < -0.3 is 5.73 Å². The first-order valence-corrected chi connectivity index (χ1v) is 7.55. The monoisotopic (exact) mass is 370 g/mol. The highest BCUT2D eigenvalue weighted by Crippen LogP contribution is 2.37. The van der Waals surface area contributed by atoms with Crippen LogP contribution in [0.4, 0.5) is 37.7 Å². The van der Waals surface area contributed by atoms with Crippen LogP contribution in [0.25, 0.3) is 0 Å². The molecule has 0 aliphatic carbocycles. The Balaban J connectivity index is 2.58. The Bertz CT molecular complexity index is 896. The van der Waals surface area contributed by atoms with E-state index in [2.05, 4.69) is 0 Å². The number of nitrogens with one attached hydrogen (secondary N) is 1. The molecule has 0 aliphatic heterocycles. The summed E-state index contributed by atoms with van der Waals surface area (Å²) in [4.78, 5) is -1.45. The summed E-state index contributed by atoms with van der Waals surface area (Å²) in [6.45, 7) is 0. The highest BCUT2D eigenvalue weighted by atomic mass is 32.2. The highest BCUT2D eigenvalue weighted by Gasteiger charge is 2.40. The minimum absolute atomic E-state index is 0.429. The molecule has 3 N–H and O–H groups in total. The standard InChI is InChI=1S/C13H8F6N2O2S/c14-6-2-1-3-9(10(6)13(17,18)19)24(22,23)21-8-5-4-7(15)12(20)11(8)16/h1-5,21H,20H2. The summed E-state index contributed by atoms with van der Waals surface area (Å²) < 4.78 is 105. The molecule has 0 heterocycles. The average Bonchev–Trinajstić information content (AvgIpc) is 2.46. The van der Waals surface area contributed by atoms with Crippen LogP contribution in [0.15, 0.2) is 35.2 Å². The second-order valence-corrected chi connectivity index (χ2v) is 6.19. The van der Waals surface area contributed by atoms with Gasteiger partial charge in [0.1, 0.15) is 27.8 Å². The number of alkyl halides is 3. The molecule has 0 saturated carbocycles. The fourth-order valence-corrected chi connectivity index (χ4v) is 3.15. The molecule has 0 spiro atoms. The van der Waals surface area contributed by atoms with Gasteiger partial charge in [-0.2, -0.15) is 13.2 Å². The van der Waals surface area contributed by atoms with Crippen LogP contribution in [0.3, 0.4) is 0 Å². The van der Waals surface area contributed by atoms with Crippen LogP contribution >= 0.6 is 0 Å². The van der Waals surface area contributed by atoms with Crippen molar-refractivity contribution in [1.82, 2.24) is 0 Å². The van der Waals surface area contributed by atoms with E-state index in [1.807, 2.05) is 0 Å². The molecule has 0 unspecified atom stereocenters. The third kappa shape index (κ3) is 3.25. The Kier molecular flexibility index (Phi) is 4.40. The molecule has 0 radical (unpaired) electrons. The van der Waals surface area contributed by atoms with Crippen molar-refractivity contribution < 1.29 is 34.8 Å². The van der Waals surface area contributed by atoms with Gasteiger partial charge in [-0.3, -0.25) is 4.72 Å². The summed E-state index contributed by atoms with van der Waals surface area (Å²) >= 11 is 0. The van der Waals surface area contributed by atoms with E-state index in [0.717, 1.165) is 6.07 Å².